The van der Waals surface area contributed by atoms with E-state index in [0.717, 1.165) is 6.42 Å². The molecule has 0 spiro atoms. The molecule has 2 atom stereocenters. The number of rotatable bonds is 10. The van der Waals surface area contributed by atoms with Gasteiger partial charge in [0.15, 0.2) is 5.75 Å². The zero-order chi connectivity index (χ0) is 21.6. The van der Waals surface area contributed by atoms with Crippen LogP contribution in [-0.2, 0) is 9.84 Å². The lowest BCUT2D eigenvalue weighted by Gasteiger charge is -2.15. The number of hydrogen-bond acceptors (Lipinski definition) is 4. The second kappa shape index (κ2) is 10.8. The lowest BCUT2D eigenvalue weighted by atomic mass is 10.1. The summed E-state index contributed by atoms with van der Waals surface area (Å²) in [5.41, 5.74) is 0. The number of benzene rings is 2. The Morgan fingerprint density at radius 3 is 1.97 bits per heavy atom. The third-order valence-corrected chi connectivity index (χ3v) is 7.26. The van der Waals surface area contributed by atoms with Gasteiger partial charge in [0.1, 0.15) is 5.75 Å². The van der Waals surface area contributed by atoms with E-state index in [9.17, 15) is 8.42 Å². The van der Waals surface area contributed by atoms with Gasteiger partial charge in [0.2, 0.25) is 9.84 Å². The molecule has 29 heavy (non-hydrogen) atoms. The Hall–Kier alpha value is -1.14. The number of sulfone groups is 1. The fraction of sp³-hybridized carbons (Fsp3) is 0.429. The maximum Gasteiger partial charge on any atom is 0.206 e. The average Bonchev–Trinajstić information content (AvgIpc) is 2.71. The molecule has 0 unspecified atom stereocenters. The summed E-state index contributed by atoms with van der Waals surface area (Å²) in [5, 5.41) is 0.323. The Morgan fingerprint density at radius 1 is 0.897 bits per heavy atom. The molecule has 0 bridgehead atoms. The molecule has 160 valence electrons. The van der Waals surface area contributed by atoms with Crippen LogP contribution in [0.15, 0.2) is 46.2 Å². The predicted octanol–water partition coefficient (Wildman–Crippen LogP) is 6.50. The molecule has 0 aliphatic carbocycles. The molecule has 0 fully saturated rings. The van der Waals surface area contributed by atoms with Gasteiger partial charge in [-0.15, -0.1) is 11.6 Å². The lowest BCUT2D eigenvalue weighted by molar-refractivity contribution is 0.257. The molecule has 0 aliphatic heterocycles. The fourth-order valence-corrected chi connectivity index (χ4v) is 4.43. The van der Waals surface area contributed by atoms with Gasteiger partial charge in [-0.3, -0.25) is 0 Å². The van der Waals surface area contributed by atoms with Crippen molar-refractivity contribution in [1.82, 2.24) is 0 Å². The predicted molar refractivity (Wildman–Crippen MR) is 119 cm³/mol. The largest absolute Gasteiger partial charge is 0.493 e. The minimum atomic E-state index is -3.79. The molecule has 8 heteroatoms. The zero-order valence-electron chi connectivity index (χ0n) is 16.6. The maximum atomic E-state index is 13.0. The first kappa shape index (κ1) is 24.1. The van der Waals surface area contributed by atoms with E-state index < -0.39 is 9.84 Å². The molecule has 0 saturated heterocycles. The second-order valence-corrected chi connectivity index (χ2v) is 10.2. The van der Waals surface area contributed by atoms with Gasteiger partial charge in [0.05, 0.1) is 33.0 Å². The molecule has 0 N–H and O–H groups in total. The van der Waals surface area contributed by atoms with Crippen molar-refractivity contribution in [2.75, 3.05) is 19.1 Å². The van der Waals surface area contributed by atoms with Crippen molar-refractivity contribution in [1.29, 1.82) is 0 Å². The van der Waals surface area contributed by atoms with Gasteiger partial charge in [-0.1, -0.05) is 50.4 Å². The molecule has 0 saturated carbocycles. The quantitative estimate of drug-likeness (QED) is 0.365. The number of ether oxygens (including phenoxy) is 2. The van der Waals surface area contributed by atoms with Crippen LogP contribution in [0.25, 0.3) is 0 Å². The Labute approximate surface area is 188 Å². The van der Waals surface area contributed by atoms with E-state index in [1.54, 1.807) is 12.1 Å². The van der Waals surface area contributed by atoms with Gasteiger partial charge in [0, 0.05) is 11.8 Å². The maximum absolute atomic E-state index is 13.0. The third kappa shape index (κ3) is 6.42. The Bertz CT molecular complexity index is 891. The van der Waals surface area contributed by atoms with E-state index in [1.807, 2.05) is 13.8 Å². The number of hydrogen-bond donors (Lipinski definition) is 0. The minimum absolute atomic E-state index is 0.00724. The molecule has 0 heterocycles. The van der Waals surface area contributed by atoms with Crippen LogP contribution in [0.1, 0.15) is 27.2 Å². The van der Waals surface area contributed by atoms with Gasteiger partial charge < -0.3 is 9.47 Å². The smallest absolute Gasteiger partial charge is 0.206 e. The van der Waals surface area contributed by atoms with Crippen LogP contribution in [0.2, 0.25) is 10.0 Å². The minimum Gasteiger partial charge on any atom is -0.493 e. The Kier molecular flexibility index (Phi) is 8.95. The standard InChI is InChI=1S/C21H25Cl3O4S/c1-4-14(2)12-28-21-19(23)9-18(10-20(21)24)29(25,26)17-7-5-16(6-8-17)27-13-15(3)11-22/h5-10,14-15H,4,11-13H2,1-3H3/t14-,15+/m0/s1. The van der Waals surface area contributed by atoms with Crippen molar-refractivity contribution in [2.24, 2.45) is 11.8 Å². The summed E-state index contributed by atoms with van der Waals surface area (Å²) in [5.74, 6) is 1.89. The van der Waals surface area contributed by atoms with Crippen LogP contribution in [-0.4, -0.2) is 27.5 Å². The van der Waals surface area contributed by atoms with Crippen LogP contribution >= 0.6 is 34.8 Å². The summed E-state index contributed by atoms with van der Waals surface area (Å²) in [6.45, 7) is 6.98. The Morgan fingerprint density at radius 2 is 1.45 bits per heavy atom. The lowest BCUT2D eigenvalue weighted by Crippen LogP contribution is -2.10. The fourth-order valence-electron chi connectivity index (χ4n) is 2.31. The van der Waals surface area contributed by atoms with E-state index in [1.165, 1.54) is 24.3 Å². The molecule has 0 aliphatic rings. The van der Waals surface area contributed by atoms with Crippen molar-refractivity contribution in [3.05, 3.63) is 46.4 Å². The van der Waals surface area contributed by atoms with Gasteiger partial charge in [-0.25, -0.2) is 8.42 Å². The Balaban J connectivity index is 2.22. The van der Waals surface area contributed by atoms with Gasteiger partial charge in [0.25, 0.3) is 0 Å². The van der Waals surface area contributed by atoms with Crippen molar-refractivity contribution < 1.29 is 17.9 Å². The molecule has 0 aromatic heterocycles. The molecule has 2 aromatic carbocycles. The molecule has 2 rings (SSSR count). The molecule has 2 aromatic rings. The highest BCUT2D eigenvalue weighted by Gasteiger charge is 2.22. The molecular weight excluding hydrogens is 455 g/mol. The third-order valence-electron chi connectivity index (χ3n) is 4.42. The van der Waals surface area contributed by atoms with Crippen LogP contribution < -0.4 is 9.47 Å². The van der Waals surface area contributed by atoms with Gasteiger partial charge in [-0.2, -0.15) is 0 Å². The van der Waals surface area contributed by atoms with Crippen LogP contribution in [0.5, 0.6) is 11.5 Å². The van der Waals surface area contributed by atoms with Crippen LogP contribution in [0.4, 0.5) is 0 Å². The normalized spacial score (nSPS) is 13.7. The zero-order valence-corrected chi connectivity index (χ0v) is 19.7. The van der Waals surface area contributed by atoms with Gasteiger partial charge >= 0.3 is 0 Å². The van der Waals surface area contributed by atoms with E-state index in [2.05, 4.69) is 6.92 Å². The second-order valence-electron chi connectivity index (χ2n) is 7.09. The number of halogens is 3. The highest BCUT2D eigenvalue weighted by atomic mass is 35.5. The summed E-state index contributed by atoms with van der Waals surface area (Å²) >= 11 is 18.3. The molecule has 4 nitrogen and oxygen atoms in total. The highest BCUT2D eigenvalue weighted by Crippen LogP contribution is 2.37. The van der Waals surface area contributed by atoms with Crippen molar-refractivity contribution in [3.63, 3.8) is 0 Å². The van der Waals surface area contributed by atoms with E-state index in [0.29, 0.717) is 36.5 Å². The number of alkyl halides is 1. The summed E-state index contributed by atoms with van der Waals surface area (Å²) in [4.78, 5) is 0.128. The SMILES string of the molecule is CC[C@H](C)COc1c(Cl)cc(S(=O)(=O)c2ccc(OC[C@H](C)CCl)cc2)cc1Cl. The van der Waals surface area contributed by atoms with E-state index in [4.69, 9.17) is 44.3 Å². The van der Waals surface area contributed by atoms with Crippen molar-refractivity contribution >= 4 is 44.6 Å². The average molecular weight is 480 g/mol. The van der Waals surface area contributed by atoms with Crippen molar-refractivity contribution in [3.8, 4) is 11.5 Å². The first-order chi connectivity index (χ1) is 13.7. The first-order valence-electron chi connectivity index (χ1n) is 9.34. The van der Waals surface area contributed by atoms with Crippen LogP contribution in [0.3, 0.4) is 0 Å². The summed E-state index contributed by atoms with van der Waals surface area (Å²) in [6.07, 6.45) is 0.951. The molecular formula is C21H25Cl3O4S. The van der Waals surface area contributed by atoms with E-state index in [-0.39, 0.29) is 25.8 Å². The molecule has 0 radical (unpaired) electrons. The monoisotopic (exact) mass is 478 g/mol. The highest BCUT2D eigenvalue weighted by molar-refractivity contribution is 7.91. The summed E-state index contributed by atoms with van der Waals surface area (Å²) in [7, 11) is -3.79. The van der Waals surface area contributed by atoms with Crippen LogP contribution in [0, 0.1) is 11.8 Å². The molecule has 0 amide bonds. The first-order valence-corrected chi connectivity index (χ1v) is 12.1. The van der Waals surface area contributed by atoms with Crippen molar-refractivity contribution in [2.45, 2.75) is 37.0 Å². The summed E-state index contributed by atoms with van der Waals surface area (Å²) < 4.78 is 37.2. The van der Waals surface area contributed by atoms with Gasteiger partial charge in [-0.05, 0) is 42.3 Å². The van der Waals surface area contributed by atoms with E-state index >= 15 is 0 Å². The topological polar surface area (TPSA) is 52.6 Å². The summed E-state index contributed by atoms with van der Waals surface area (Å²) in [6, 6.07) is 8.93.